The molecule has 3 rings (SSSR count). The molecular weight excluding hydrogens is 430 g/mol. The van der Waals surface area contributed by atoms with E-state index < -0.39 is 35.2 Å². The molecule has 1 aromatic carbocycles. The minimum atomic E-state index is -3.53. The van der Waals surface area contributed by atoms with Crippen LogP contribution in [-0.2, 0) is 16.7 Å². The van der Waals surface area contributed by atoms with Gasteiger partial charge in [0, 0.05) is 18.2 Å². The second-order valence-corrected chi connectivity index (χ2v) is 7.61. The molecule has 10 heteroatoms. The first kappa shape index (κ1) is 21.5. The minimum Gasteiger partial charge on any atom is -0.385 e. The molecule has 0 saturated carbocycles. The average molecular weight is 446 g/mol. The summed E-state index contributed by atoms with van der Waals surface area (Å²) in [7, 11) is 0. The van der Waals surface area contributed by atoms with Crippen molar-refractivity contribution in [3.63, 3.8) is 0 Å². The number of alkyl halides is 2. The molecule has 1 aliphatic heterocycles. The van der Waals surface area contributed by atoms with Gasteiger partial charge in [-0.15, -0.1) is 0 Å². The van der Waals surface area contributed by atoms with E-state index >= 15 is 0 Å². The number of nitrogens with two attached hydrogens (primary N) is 1. The van der Waals surface area contributed by atoms with Gasteiger partial charge in [-0.3, -0.25) is 9.79 Å². The van der Waals surface area contributed by atoms with Gasteiger partial charge < -0.3 is 10.5 Å². The van der Waals surface area contributed by atoms with Crippen LogP contribution < -0.4 is 5.73 Å². The van der Waals surface area contributed by atoms with Crippen molar-refractivity contribution in [2.24, 2.45) is 10.7 Å². The monoisotopic (exact) mass is 445 g/mol. The Morgan fingerprint density at radius 2 is 2.03 bits per heavy atom. The standard InChI is InChI=1S/C19H16Cl2F3N3O2/c1-18(19(23,24)9-29-8-16(25)27-18)12-4-10(2-3-14(12)22)5-15(28)17-13(21)6-11(20)7-26-17/h2-4,6-7H,5,8-9H2,1H3,(H2,25,27)/t18-/m1/s1. The van der Waals surface area contributed by atoms with Crippen molar-refractivity contribution in [1.82, 2.24) is 4.98 Å². The molecule has 0 amide bonds. The van der Waals surface area contributed by atoms with Crippen molar-refractivity contribution in [2.45, 2.75) is 24.8 Å². The lowest BCUT2D eigenvalue weighted by atomic mass is 9.84. The molecule has 1 aliphatic rings. The summed E-state index contributed by atoms with van der Waals surface area (Å²) in [6, 6.07) is 4.87. The molecular formula is C19H16Cl2F3N3O2. The van der Waals surface area contributed by atoms with E-state index in [0.29, 0.717) is 0 Å². The molecule has 2 aromatic rings. The van der Waals surface area contributed by atoms with Gasteiger partial charge in [0.25, 0.3) is 5.92 Å². The molecule has 0 fully saturated rings. The van der Waals surface area contributed by atoms with Gasteiger partial charge in [-0.05, 0) is 30.7 Å². The number of nitrogens with zero attached hydrogens (tertiary/aromatic N) is 2. The molecule has 1 atom stereocenters. The molecule has 0 spiro atoms. The van der Waals surface area contributed by atoms with Crippen molar-refractivity contribution in [3.05, 3.63) is 63.1 Å². The number of benzene rings is 1. The number of hydrogen-bond donors (Lipinski definition) is 1. The summed E-state index contributed by atoms with van der Waals surface area (Å²) in [6.07, 6.45) is 1.03. The number of rotatable bonds is 4. The molecule has 0 saturated heterocycles. The van der Waals surface area contributed by atoms with Crippen molar-refractivity contribution in [1.29, 1.82) is 0 Å². The average Bonchev–Trinajstić information content (AvgIpc) is 2.72. The first-order chi connectivity index (χ1) is 13.5. The van der Waals surface area contributed by atoms with Gasteiger partial charge in [0.1, 0.15) is 30.6 Å². The van der Waals surface area contributed by atoms with E-state index in [1.165, 1.54) is 24.4 Å². The zero-order chi connectivity index (χ0) is 21.4. The van der Waals surface area contributed by atoms with Gasteiger partial charge in [-0.25, -0.2) is 18.2 Å². The van der Waals surface area contributed by atoms with Gasteiger partial charge in [0.15, 0.2) is 11.3 Å². The van der Waals surface area contributed by atoms with Crippen molar-refractivity contribution in [2.75, 3.05) is 13.2 Å². The zero-order valence-electron chi connectivity index (χ0n) is 15.2. The van der Waals surface area contributed by atoms with Crippen LogP contribution in [0.5, 0.6) is 0 Å². The molecule has 0 radical (unpaired) electrons. The van der Waals surface area contributed by atoms with Crippen LogP contribution in [0.3, 0.4) is 0 Å². The number of amidine groups is 1. The summed E-state index contributed by atoms with van der Waals surface area (Å²) in [6.45, 7) is -0.178. The zero-order valence-corrected chi connectivity index (χ0v) is 16.7. The Kier molecular flexibility index (Phi) is 5.89. The Bertz CT molecular complexity index is 1000. The predicted octanol–water partition coefficient (Wildman–Crippen LogP) is 4.19. The van der Waals surface area contributed by atoms with Gasteiger partial charge >= 0.3 is 0 Å². The molecule has 0 bridgehead atoms. The summed E-state index contributed by atoms with van der Waals surface area (Å²) in [5, 5.41) is 0.318. The van der Waals surface area contributed by atoms with Crippen LogP contribution >= 0.6 is 23.2 Å². The summed E-state index contributed by atoms with van der Waals surface area (Å²) in [5.41, 5.74) is 3.20. The molecule has 5 nitrogen and oxygen atoms in total. The Balaban J connectivity index is 2.00. The minimum absolute atomic E-state index is 0.0244. The van der Waals surface area contributed by atoms with Crippen molar-refractivity contribution >= 4 is 34.8 Å². The number of hydrogen-bond acceptors (Lipinski definition) is 5. The fraction of sp³-hybridized carbons (Fsp3) is 0.316. The number of ketones is 1. The number of aliphatic imine (C=N–C) groups is 1. The van der Waals surface area contributed by atoms with Crippen LogP contribution in [0.25, 0.3) is 0 Å². The lowest BCUT2D eigenvalue weighted by Crippen LogP contribution is -2.45. The quantitative estimate of drug-likeness (QED) is 0.715. The first-order valence-corrected chi connectivity index (χ1v) is 9.22. The number of carbonyl (C=O) groups excluding carboxylic acids is 1. The largest absolute Gasteiger partial charge is 0.385 e. The fourth-order valence-corrected chi connectivity index (χ4v) is 3.51. The number of ether oxygens (including phenoxy) is 1. The predicted molar refractivity (Wildman–Crippen MR) is 103 cm³/mol. The third-order valence-electron chi connectivity index (χ3n) is 4.60. The van der Waals surface area contributed by atoms with Crippen LogP contribution in [0.4, 0.5) is 13.2 Å². The Morgan fingerprint density at radius 1 is 1.31 bits per heavy atom. The lowest BCUT2D eigenvalue weighted by Gasteiger charge is -2.33. The van der Waals surface area contributed by atoms with Crippen LogP contribution in [0, 0.1) is 5.82 Å². The topological polar surface area (TPSA) is 77.6 Å². The van der Waals surface area contributed by atoms with Crippen molar-refractivity contribution < 1.29 is 22.7 Å². The third-order valence-corrected chi connectivity index (χ3v) is 5.10. The molecule has 2 heterocycles. The first-order valence-electron chi connectivity index (χ1n) is 8.46. The molecule has 29 heavy (non-hydrogen) atoms. The number of carbonyl (C=O) groups is 1. The van der Waals surface area contributed by atoms with Gasteiger partial charge in [0.2, 0.25) is 0 Å². The molecule has 0 unspecified atom stereocenters. The van der Waals surface area contributed by atoms with E-state index in [2.05, 4.69) is 9.98 Å². The maximum absolute atomic E-state index is 14.7. The van der Waals surface area contributed by atoms with E-state index in [9.17, 15) is 18.0 Å². The van der Waals surface area contributed by atoms with Crippen LogP contribution in [-0.4, -0.2) is 35.7 Å². The van der Waals surface area contributed by atoms with Crippen molar-refractivity contribution in [3.8, 4) is 0 Å². The summed E-state index contributed by atoms with van der Waals surface area (Å²) in [5.74, 6) is -5.08. The van der Waals surface area contributed by atoms with E-state index in [4.69, 9.17) is 33.7 Å². The second kappa shape index (κ2) is 7.93. The van der Waals surface area contributed by atoms with Gasteiger partial charge in [-0.1, -0.05) is 29.3 Å². The Labute approximate surface area is 174 Å². The SMILES string of the molecule is C[C@]1(c2cc(CC(=O)c3ncc(Cl)cc3Cl)ccc2F)N=C(N)COCC1(F)F. The van der Waals surface area contributed by atoms with E-state index in [1.807, 2.05) is 0 Å². The highest BCUT2D eigenvalue weighted by molar-refractivity contribution is 6.36. The highest BCUT2D eigenvalue weighted by Gasteiger charge is 2.54. The summed E-state index contributed by atoms with van der Waals surface area (Å²) in [4.78, 5) is 20.3. The molecule has 0 aliphatic carbocycles. The van der Waals surface area contributed by atoms with E-state index in [1.54, 1.807) is 0 Å². The molecule has 2 N–H and O–H groups in total. The summed E-state index contributed by atoms with van der Waals surface area (Å²) >= 11 is 11.8. The Hall–Kier alpha value is -2.16. The van der Waals surface area contributed by atoms with E-state index in [0.717, 1.165) is 13.0 Å². The molecule has 154 valence electrons. The number of Topliss-reactive ketones (excluding diaryl/α,β-unsaturated/α-hetero) is 1. The number of halogens is 5. The third kappa shape index (κ3) is 4.24. The smallest absolute Gasteiger partial charge is 0.299 e. The summed E-state index contributed by atoms with van der Waals surface area (Å²) < 4.78 is 48.9. The normalized spacial score (nSPS) is 21.4. The number of aromatic nitrogens is 1. The maximum atomic E-state index is 14.7. The fourth-order valence-electron chi connectivity index (χ4n) is 3.03. The Morgan fingerprint density at radius 3 is 2.72 bits per heavy atom. The lowest BCUT2D eigenvalue weighted by molar-refractivity contribution is -0.116. The maximum Gasteiger partial charge on any atom is 0.299 e. The van der Waals surface area contributed by atoms with Crippen LogP contribution in [0.1, 0.15) is 28.5 Å². The highest BCUT2D eigenvalue weighted by atomic mass is 35.5. The van der Waals surface area contributed by atoms with E-state index in [-0.39, 0.29) is 40.2 Å². The van der Waals surface area contributed by atoms with Crippen LogP contribution in [0.2, 0.25) is 10.0 Å². The van der Waals surface area contributed by atoms with Gasteiger partial charge in [0.05, 0.1) is 10.0 Å². The second-order valence-electron chi connectivity index (χ2n) is 6.77. The number of pyridine rings is 1. The van der Waals surface area contributed by atoms with Crippen LogP contribution in [0.15, 0.2) is 35.5 Å². The van der Waals surface area contributed by atoms with Gasteiger partial charge in [-0.2, -0.15) is 0 Å². The molecule has 1 aromatic heterocycles. The highest BCUT2D eigenvalue weighted by Crippen LogP contribution is 2.43.